The largest absolute Gasteiger partial charge is 0.312 e. The molecule has 5 nitrogen and oxygen atoms in total. The summed E-state index contributed by atoms with van der Waals surface area (Å²) in [6, 6.07) is 0.561. The Morgan fingerprint density at radius 2 is 2.10 bits per heavy atom. The van der Waals surface area contributed by atoms with E-state index in [0.717, 1.165) is 23.8 Å². The van der Waals surface area contributed by atoms with Crippen LogP contribution in [0.5, 0.6) is 0 Å². The first-order chi connectivity index (χ1) is 10.4. The Labute approximate surface area is 132 Å². The van der Waals surface area contributed by atoms with E-state index in [4.69, 9.17) is 5.10 Å². The normalized spacial score (nSPS) is 24.7. The van der Waals surface area contributed by atoms with Crippen LogP contribution >= 0.6 is 23.1 Å². The van der Waals surface area contributed by atoms with Gasteiger partial charge in [-0.25, -0.2) is 0 Å². The first-order valence-corrected chi connectivity index (χ1v) is 9.89. The van der Waals surface area contributed by atoms with Crippen molar-refractivity contribution in [3.8, 4) is 0 Å². The maximum absolute atomic E-state index is 4.80. The molecule has 1 N–H and O–H groups in total. The number of rotatable bonds is 3. The third-order valence-corrected chi connectivity index (χ3v) is 6.50. The molecule has 2 aliphatic rings. The molecule has 0 aromatic carbocycles. The van der Waals surface area contributed by atoms with Gasteiger partial charge in [-0.3, -0.25) is 0 Å². The number of thioether (sulfide) groups is 1. The fraction of sp³-hybridized carbons (Fsp3) is 0.786. The molecule has 2 aromatic heterocycles. The van der Waals surface area contributed by atoms with Gasteiger partial charge in [0.05, 0.1) is 0 Å². The fourth-order valence-corrected chi connectivity index (χ4v) is 5.20. The minimum absolute atomic E-state index is 0.561. The maximum Gasteiger partial charge on any atom is 0.234 e. The Morgan fingerprint density at radius 1 is 1.19 bits per heavy atom. The molecule has 0 radical (unpaired) electrons. The van der Waals surface area contributed by atoms with Crippen molar-refractivity contribution in [3.05, 3.63) is 10.8 Å². The monoisotopic (exact) mass is 323 g/mol. The highest BCUT2D eigenvalue weighted by atomic mass is 32.2. The number of hydrogen-bond acceptors (Lipinski definition) is 6. The van der Waals surface area contributed by atoms with Gasteiger partial charge in [0.25, 0.3) is 0 Å². The van der Waals surface area contributed by atoms with Gasteiger partial charge >= 0.3 is 0 Å². The summed E-state index contributed by atoms with van der Waals surface area (Å²) in [7, 11) is 0. The van der Waals surface area contributed by atoms with Crippen LogP contribution < -0.4 is 5.32 Å². The van der Waals surface area contributed by atoms with E-state index in [1.165, 1.54) is 48.6 Å². The predicted molar refractivity (Wildman–Crippen MR) is 87.3 cm³/mol. The molecule has 2 aromatic rings. The third-order valence-electron chi connectivity index (χ3n) is 4.45. The van der Waals surface area contributed by atoms with E-state index >= 15 is 0 Å². The van der Waals surface area contributed by atoms with Crippen molar-refractivity contribution in [1.29, 1.82) is 0 Å². The molecule has 1 aliphatic heterocycles. The summed E-state index contributed by atoms with van der Waals surface area (Å²) in [5.41, 5.74) is 0. The van der Waals surface area contributed by atoms with Crippen LogP contribution in [0.15, 0.2) is 0 Å². The quantitative estimate of drug-likeness (QED) is 0.940. The molecule has 1 aliphatic carbocycles. The van der Waals surface area contributed by atoms with Crippen molar-refractivity contribution < 1.29 is 0 Å². The van der Waals surface area contributed by atoms with E-state index in [2.05, 4.69) is 15.5 Å². The summed E-state index contributed by atoms with van der Waals surface area (Å²) in [5.74, 6) is 4.08. The van der Waals surface area contributed by atoms with Gasteiger partial charge < -0.3 is 5.32 Å². The van der Waals surface area contributed by atoms with Crippen molar-refractivity contribution in [2.45, 2.75) is 50.5 Å². The van der Waals surface area contributed by atoms with E-state index in [0.29, 0.717) is 12.0 Å². The van der Waals surface area contributed by atoms with E-state index in [9.17, 15) is 0 Å². The Morgan fingerprint density at radius 3 is 2.90 bits per heavy atom. The summed E-state index contributed by atoms with van der Waals surface area (Å²) in [6.45, 7) is 1.12. The highest BCUT2D eigenvalue weighted by Gasteiger charge is 2.23. The molecule has 1 saturated heterocycles. The van der Waals surface area contributed by atoms with Gasteiger partial charge in [-0.05, 0) is 12.8 Å². The van der Waals surface area contributed by atoms with Crippen LogP contribution in [-0.4, -0.2) is 43.9 Å². The standard InChI is InChI=1S/C14H21N5S2/c1-2-4-10(5-3-1)13-16-17-14-19(13)18-12(21-14)8-11-9-20-7-6-15-11/h10-11,15H,1-9H2. The number of nitrogens with one attached hydrogen (secondary N) is 1. The van der Waals surface area contributed by atoms with E-state index in [1.807, 2.05) is 16.3 Å². The average molecular weight is 323 g/mol. The second kappa shape index (κ2) is 6.22. The lowest BCUT2D eigenvalue weighted by atomic mass is 9.89. The van der Waals surface area contributed by atoms with E-state index < -0.39 is 0 Å². The van der Waals surface area contributed by atoms with Gasteiger partial charge in [0.2, 0.25) is 4.96 Å². The summed E-state index contributed by atoms with van der Waals surface area (Å²) < 4.78 is 2.02. The second-order valence-corrected chi connectivity index (χ2v) is 8.20. The zero-order valence-electron chi connectivity index (χ0n) is 12.1. The van der Waals surface area contributed by atoms with Crippen LogP contribution in [0, 0.1) is 0 Å². The zero-order chi connectivity index (χ0) is 14.1. The molecule has 1 saturated carbocycles. The molecular formula is C14H21N5S2. The van der Waals surface area contributed by atoms with Crippen LogP contribution in [0.25, 0.3) is 4.96 Å². The lowest BCUT2D eigenvalue weighted by Gasteiger charge is -2.21. The van der Waals surface area contributed by atoms with Crippen molar-refractivity contribution in [2.24, 2.45) is 0 Å². The fourth-order valence-electron chi connectivity index (χ4n) is 3.33. The SMILES string of the molecule is C1CCC(c2nnc3sc(CC4CSCCN4)nn23)CC1. The lowest BCUT2D eigenvalue weighted by Crippen LogP contribution is -2.38. The van der Waals surface area contributed by atoms with Crippen LogP contribution in [0.2, 0.25) is 0 Å². The van der Waals surface area contributed by atoms with Crippen molar-refractivity contribution in [2.75, 3.05) is 18.1 Å². The van der Waals surface area contributed by atoms with E-state index in [-0.39, 0.29) is 0 Å². The van der Waals surface area contributed by atoms with Gasteiger partial charge in [0.1, 0.15) is 5.01 Å². The highest BCUT2D eigenvalue weighted by molar-refractivity contribution is 7.99. The molecule has 1 atom stereocenters. The highest BCUT2D eigenvalue weighted by Crippen LogP contribution is 2.32. The summed E-state index contributed by atoms with van der Waals surface area (Å²) >= 11 is 3.74. The average Bonchev–Trinajstić information content (AvgIpc) is 3.09. The van der Waals surface area contributed by atoms with Crippen LogP contribution in [0.4, 0.5) is 0 Å². The molecule has 7 heteroatoms. The Balaban J connectivity index is 1.53. The van der Waals surface area contributed by atoms with Crippen molar-refractivity contribution in [1.82, 2.24) is 25.1 Å². The number of fused-ring (bicyclic) bond motifs is 1. The third kappa shape index (κ3) is 2.96. The maximum atomic E-state index is 4.80. The molecule has 21 heavy (non-hydrogen) atoms. The molecule has 114 valence electrons. The first-order valence-electron chi connectivity index (χ1n) is 7.92. The van der Waals surface area contributed by atoms with Crippen LogP contribution in [0.1, 0.15) is 48.9 Å². The molecule has 0 bridgehead atoms. The summed E-state index contributed by atoms with van der Waals surface area (Å²) in [4.78, 5) is 0.967. The van der Waals surface area contributed by atoms with Crippen LogP contribution in [-0.2, 0) is 6.42 Å². The predicted octanol–water partition coefficient (Wildman–Crippen LogP) is 2.48. The zero-order valence-corrected chi connectivity index (χ0v) is 13.8. The molecule has 2 fully saturated rings. The van der Waals surface area contributed by atoms with Gasteiger partial charge in [-0.1, -0.05) is 30.6 Å². The van der Waals surface area contributed by atoms with Gasteiger partial charge in [-0.15, -0.1) is 10.2 Å². The van der Waals surface area contributed by atoms with Crippen molar-refractivity contribution in [3.63, 3.8) is 0 Å². The number of hydrogen-bond donors (Lipinski definition) is 1. The summed E-state index contributed by atoms with van der Waals surface area (Å²) in [5, 5.41) is 18.3. The van der Waals surface area contributed by atoms with Crippen LogP contribution in [0.3, 0.4) is 0 Å². The van der Waals surface area contributed by atoms with Gasteiger partial charge in [-0.2, -0.15) is 21.4 Å². The Bertz CT molecular complexity index is 596. The van der Waals surface area contributed by atoms with Gasteiger partial charge in [0, 0.05) is 36.4 Å². The molecule has 3 heterocycles. The number of nitrogens with zero attached hydrogens (tertiary/aromatic N) is 4. The molecule has 1 unspecified atom stereocenters. The molecular weight excluding hydrogens is 302 g/mol. The first kappa shape index (κ1) is 14.0. The minimum Gasteiger partial charge on any atom is -0.312 e. The van der Waals surface area contributed by atoms with Crippen molar-refractivity contribution >= 4 is 28.1 Å². The van der Waals surface area contributed by atoms with Gasteiger partial charge in [0.15, 0.2) is 5.82 Å². The van der Waals surface area contributed by atoms with E-state index in [1.54, 1.807) is 11.3 Å². The minimum atomic E-state index is 0.561. The lowest BCUT2D eigenvalue weighted by molar-refractivity contribution is 0.422. The molecule has 4 rings (SSSR count). The molecule has 0 amide bonds. The Hall–Kier alpha value is -0.660. The smallest absolute Gasteiger partial charge is 0.234 e. The topological polar surface area (TPSA) is 55.1 Å². The number of aromatic nitrogens is 4. The summed E-state index contributed by atoms with van der Waals surface area (Å²) in [6.07, 6.45) is 7.51. The second-order valence-electron chi connectivity index (χ2n) is 6.01. The Kier molecular flexibility index (Phi) is 4.14. The molecule has 0 spiro atoms.